The Hall–Kier alpha value is -2.82. The van der Waals surface area contributed by atoms with Gasteiger partial charge in [0.05, 0.1) is 12.2 Å². The number of amides is 1. The minimum absolute atomic E-state index is 0.162. The minimum atomic E-state index is -0.162. The molecule has 2 heterocycles. The first-order valence-electron chi connectivity index (χ1n) is 6.29. The number of aromatic nitrogens is 2. The molecule has 0 spiro atoms. The molecule has 20 heavy (non-hydrogen) atoms. The van der Waals surface area contributed by atoms with Crippen molar-refractivity contribution in [1.29, 1.82) is 0 Å². The van der Waals surface area contributed by atoms with Crippen LogP contribution in [0.15, 0.2) is 48.7 Å². The summed E-state index contributed by atoms with van der Waals surface area (Å²) in [5.74, 6) is -0.162. The lowest BCUT2D eigenvalue weighted by molar-refractivity contribution is 0.0946. The zero-order valence-corrected chi connectivity index (χ0v) is 10.8. The van der Waals surface area contributed by atoms with E-state index in [9.17, 15) is 4.79 Å². The van der Waals surface area contributed by atoms with Crippen LogP contribution in [0.2, 0.25) is 0 Å². The number of fused-ring (bicyclic) bond motifs is 1. The molecular formula is C15H14N4O. The van der Waals surface area contributed by atoms with Crippen molar-refractivity contribution < 1.29 is 4.79 Å². The van der Waals surface area contributed by atoms with Crippen LogP contribution in [0.4, 0.5) is 5.69 Å². The number of hydrogen-bond donors (Lipinski definition) is 3. The maximum Gasteiger partial charge on any atom is 0.268 e. The second-order valence-electron chi connectivity index (χ2n) is 4.53. The number of aromatic amines is 1. The number of nitrogens with one attached hydrogen (secondary N) is 2. The van der Waals surface area contributed by atoms with Gasteiger partial charge < -0.3 is 16.0 Å². The third-order valence-electron chi connectivity index (χ3n) is 3.05. The molecule has 1 amide bonds. The highest BCUT2D eigenvalue weighted by molar-refractivity contribution is 5.98. The van der Waals surface area contributed by atoms with Crippen molar-refractivity contribution in [2.45, 2.75) is 6.54 Å². The van der Waals surface area contributed by atoms with Crippen molar-refractivity contribution in [2.24, 2.45) is 0 Å². The molecule has 100 valence electrons. The van der Waals surface area contributed by atoms with E-state index in [0.717, 1.165) is 16.6 Å². The summed E-state index contributed by atoms with van der Waals surface area (Å²) in [6.07, 6.45) is 1.70. The molecule has 0 aliphatic heterocycles. The minimum Gasteiger partial charge on any atom is -0.399 e. The third kappa shape index (κ3) is 2.47. The molecule has 0 aliphatic rings. The summed E-state index contributed by atoms with van der Waals surface area (Å²) < 4.78 is 0. The molecule has 0 unspecified atom stereocenters. The van der Waals surface area contributed by atoms with Gasteiger partial charge in [-0.25, -0.2) is 0 Å². The zero-order valence-electron chi connectivity index (χ0n) is 10.8. The molecule has 4 N–H and O–H groups in total. The standard InChI is InChI=1S/C15H14N4O/c16-11-4-5-13-10(7-11)8-14(19-13)15(20)18-9-12-3-1-2-6-17-12/h1-8,19H,9,16H2,(H,18,20). The van der Waals surface area contributed by atoms with Gasteiger partial charge in [0.25, 0.3) is 5.91 Å². The van der Waals surface area contributed by atoms with Gasteiger partial charge in [-0.05, 0) is 36.4 Å². The first kappa shape index (κ1) is 12.2. The molecule has 0 bridgehead atoms. The van der Waals surface area contributed by atoms with Crippen LogP contribution in [0.25, 0.3) is 10.9 Å². The molecule has 0 atom stereocenters. The normalized spacial score (nSPS) is 10.6. The van der Waals surface area contributed by atoms with Gasteiger partial charge in [0.1, 0.15) is 5.69 Å². The fourth-order valence-electron chi connectivity index (χ4n) is 2.04. The van der Waals surface area contributed by atoms with E-state index in [1.54, 1.807) is 18.3 Å². The molecular weight excluding hydrogens is 252 g/mol. The number of hydrogen-bond acceptors (Lipinski definition) is 3. The smallest absolute Gasteiger partial charge is 0.268 e. The molecule has 0 saturated carbocycles. The molecule has 0 fully saturated rings. The van der Waals surface area contributed by atoms with E-state index < -0.39 is 0 Å². The summed E-state index contributed by atoms with van der Waals surface area (Å²) in [4.78, 5) is 19.3. The molecule has 0 saturated heterocycles. The Bertz CT molecular complexity index is 749. The molecule has 3 aromatic rings. The molecule has 1 aromatic carbocycles. The van der Waals surface area contributed by atoms with Gasteiger partial charge in [-0.15, -0.1) is 0 Å². The quantitative estimate of drug-likeness (QED) is 0.634. The molecule has 3 rings (SSSR count). The van der Waals surface area contributed by atoms with Crippen LogP contribution < -0.4 is 11.1 Å². The predicted molar refractivity (Wildman–Crippen MR) is 78.1 cm³/mol. The topological polar surface area (TPSA) is 83.8 Å². The lowest BCUT2D eigenvalue weighted by Crippen LogP contribution is -2.23. The summed E-state index contributed by atoms with van der Waals surface area (Å²) in [5.41, 5.74) is 8.63. The monoisotopic (exact) mass is 266 g/mol. The van der Waals surface area contributed by atoms with E-state index >= 15 is 0 Å². The van der Waals surface area contributed by atoms with Crippen LogP contribution in [0.5, 0.6) is 0 Å². The van der Waals surface area contributed by atoms with Crippen LogP contribution in [-0.4, -0.2) is 15.9 Å². The van der Waals surface area contributed by atoms with Crippen molar-refractivity contribution in [1.82, 2.24) is 15.3 Å². The van der Waals surface area contributed by atoms with Gasteiger partial charge in [0.2, 0.25) is 0 Å². The first-order valence-corrected chi connectivity index (χ1v) is 6.29. The van der Waals surface area contributed by atoms with E-state index in [-0.39, 0.29) is 5.91 Å². The average Bonchev–Trinajstić information content (AvgIpc) is 2.89. The van der Waals surface area contributed by atoms with Crippen LogP contribution in [-0.2, 0) is 6.54 Å². The van der Waals surface area contributed by atoms with Crippen molar-refractivity contribution in [2.75, 3.05) is 5.73 Å². The van der Waals surface area contributed by atoms with E-state index in [0.29, 0.717) is 17.9 Å². The number of carbonyl (C=O) groups is 1. The van der Waals surface area contributed by atoms with Crippen LogP contribution in [0, 0.1) is 0 Å². The lowest BCUT2D eigenvalue weighted by atomic mass is 10.2. The van der Waals surface area contributed by atoms with Gasteiger partial charge in [-0.1, -0.05) is 6.07 Å². The van der Waals surface area contributed by atoms with Crippen LogP contribution in [0.1, 0.15) is 16.2 Å². The third-order valence-corrected chi connectivity index (χ3v) is 3.05. The van der Waals surface area contributed by atoms with E-state index in [4.69, 9.17) is 5.73 Å². The second-order valence-corrected chi connectivity index (χ2v) is 4.53. The maximum absolute atomic E-state index is 12.1. The fourth-order valence-corrected chi connectivity index (χ4v) is 2.04. The number of nitrogens with zero attached hydrogens (tertiary/aromatic N) is 1. The SMILES string of the molecule is Nc1ccc2[nH]c(C(=O)NCc3ccccn3)cc2c1. The number of anilines is 1. The Kier molecular flexibility index (Phi) is 3.09. The summed E-state index contributed by atoms with van der Waals surface area (Å²) in [7, 11) is 0. The lowest BCUT2D eigenvalue weighted by Gasteiger charge is -2.02. The van der Waals surface area contributed by atoms with Crippen LogP contribution in [0.3, 0.4) is 0 Å². The second kappa shape index (κ2) is 5.05. The largest absolute Gasteiger partial charge is 0.399 e. The van der Waals surface area contributed by atoms with Gasteiger partial charge in [-0.3, -0.25) is 9.78 Å². The van der Waals surface area contributed by atoms with Gasteiger partial charge in [0, 0.05) is 22.8 Å². The summed E-state index contributed by atoms with van der Waals surface area (Å²) in [6, 6.07) is 12.9. The molecule has 5 heteroatoms. The molecule has 0 radical (unpaired) electrons. The molecule has 0 aliphatic carbocycles. The van der Waals surface area contributed by atoms with Gasteiger partial charge >= 0.3 is 0 Å². The van der Waals surface area contributed by atoms with Gasteiger partial charge in [0.15, 0.2) is 0 Å². The van der Waals surface area contributed by atoms with Crippen LogP contribution >= 0.6 is 0 Å². The average molecular weight is 266 g/mol. The van der Waals surface area contributed by atoms with Crippen molar-refractivity contribution in [3.63, 3.8) is 0 Å². The van der Waals surface area contributed by atoms with E-state index in [1.165, 1.54) is 0 Å². The highest BCUT2D eigenvalue weighted by atomic mass is 16.1. The summed E-state index contributed by atoms with van der Waals surface area (Å²) in [6.45, 7) is 0.400. The van der Waals surface area contributed by atoms with Crippen molar-refractivity contribution in [3.05, 3.63) is 60.0 Å². The Morgan fingerprint density at radius 3 is 2.95 bits per heavy atom. The number of benzene rings is 1. The first-order chi connectivity index (χ1) is 9.72. The Balaban J connectivity index is 1.75. The summed E-state index contributed by atoms with van der Waals surface area (Å²) in [5, 5.41) is 3.75. The van der Waals surface area contributed by atoms with E-state index in [2.05, 4.69) is 15.3 Å². The Morgan fingerprint density at radius 1 is 1.25 bits per heavy atom. The highest BCUT2D eigenvalue weighted by Crippen LogP contribution is 2.18. The number of rotatable bonds is 3. The number of nitrogens with two attached hydrogens (primary N) is 1. The predicted octanol–water partition coefficient (Wildman–Crippen LogP) is 2.08. The molecule has 5 nitrogen and oxygen atoms in total. The Morgan fingerprint density at radius 2 is 2.15 bits per heavy atom. The highest BCUT2D eigenvalue weighted by Gasteiger charge is 2.09. The Labute approximate surface area is 115 Å². The summed E-state index contributed by atoms with van der Waals surface area (Å²) >= 11 is 0. The number of H-pyrrole nitrogens is 1. The maximum atomic E-state index is 12.1. The number of nitrogen functional groups attached to an aromatic ring is 1. The van der Waals surface area contributed by atoms with Crippen molar-refractivity contribution >= 4 is 22.5 Å². The zero-order chi connectivity index (χ0) is 13.9. The van der Waals surface area contributed by atoms with E-state index in [1.807, 2.05) is 30.3 Å². The van der Waals surface area contributed by atoms with Gasteiger partial charge in [-0.2, -0.15) is 0 Å². The van der Waals surface area contributed by atoms with Crippen molar-refractivity contribution in [3.8, 4) is 0 Å². The number of carbonyl (C=O) groups excluding carboxylic acids is 1. The number of pyridine rings is 1. The molecule has 2 aromatic heterocycles. The fraction of sp³-hybridized carbons (Fsp3) is 0.0667.